The number of hydrogen-bond donors (Lipinski definition) is 3. The van der Waals surface area contributed by atoms with Crippen molar-refractivity contribution in [3.05, 3.63) is 27.7 Å². The van der Waals surface area contributed by atoms with Crippen LogP contribution in [-0.4, -0.2) is 10.3 Å². The van der Waals surface area contributed by atoms with Crippen LogP contribution in [0.3, 0.4) is 0 Å². The Balaban J connectivity index is 3.05. The van der Waals surface area contributed by atoms with Crippen LogP contribution >= 0.6 is 15.9 Å². The molecule has 0 aliphatic heterocycles. The summed E-state index contributed by atoms with van der Waals surface area (Å²) in [5.74, 6) is 0.217. The number of phenols is 1. The normalized spacial score (nSPS) is 10.2. The molecule has 0 bridgehead atoms. The molecule has 0 atom stereocenters. The van der Waals surface area contributed by atoms with Gasteiger partial charge in [-0.1, -0.05) is 0 Å². The highest BCUT2D eigenvalue weighted by Crippen LogP contribution is 2.26. The Hall–Kier alpha value is -0.580. The summed E-state index contributed by atoms with van der Waals surface area (Å²) < 4.78 is 0.637. The van der Waals surface area contributed by atoms with Crippen molar-refractivity contribution in [2.75, 3.05) is 0 Å². The van der Waals surface area contributed by atoms with Crippen LogP contribution < -0.4 is 5.48 Å². The molecule has 0 saturated carbocycles. The first-order valence-corrected chi connectivity index (χ1v) is 4.29. The molecule has 0 aromatic heterocycles. The van der Waals surface area contributed by atoms with E-state index in [-0.39, 0.29) is 5.75 Å². The molecule has 0 aliphatic rings. The summed E-state index contributed by atoms with van der Waals surface area (Å²) in [6.45, 7) is 2.25. The second-order valence-electron chi connectivity index (χ2n) is 2.56. The summed E-state index contributed by atoms with van der Waals surface area (Å²) in [7, 11) is 0. The molecule has 1 aromatic rings. The topological polar surface area (TPSA) is 52.5 Å². The lowest BCUT2D eigenvalue weighted by Crippen LogP contribution is -2.07. The molecule has 12 heavy (non-hydrogen) atoms. The van der Waals surface area contributed by atoms with Crippen LogP contribution in [0.15, 0.2) is 16.6 Å². The van der Waals surface area contributed by atoms with Gasteiger partial charge in [-0.15, -0.1) is 0 Å². The van der Waals surface area contributed by atoms with Crippen molar-refractivity contribution in [2.24, 2.45) is 0 Å². The molecule has 1 aromatic carbocycles. The Bertz CT molecular complexity index is 289. The number of aromatic hydroxyl groups is 1. The Morgan fingerprint density at radius 2 is 2.17 bits per heavy atom. The third kappa shape index (κ3) is 1.97. The van der Waals surface area contributed by atoms with E-state index in [1.54, 1.807) is 12.1 Å². The van der Waals surface area contributed by atoms with E-state index < -0.39 is 0 Å². The summed E-state index contributed by atoms with van der Waals surface area (Å²) in [6, 6.07) is 3.42. The number of rotatable bonds is 2. The Kier molecular flexibility index (Phi) is 3.08. The molecular formula is C8H10BrNO2. The van der Waals surface area contributed by atoms with Crippen molar-refractivity contribution in [3.63, 3.8) is 0 Å². The summed E-state index contributed by atoms with van der Waals surface area (Å²) in [5.41, 5.74) is 3.96. The lowest BCUT2D eigenvalue weighted by molar-refractivity contribution is 0.161. The Labute approximate surface area is 79.1 Å². The Morgan fingerprint density at radius 3 is 2.75 bits per heavy atom. The summed E-state index contributed by atoms with van der Waals surface area (Å²) in [5, 5.41) is 17.7. The fourth-order valence-corrected chi connectivity index (χ4v) is 1.37. The molecule has 0 radical (unpaired) electrons. The van der Waals surface area contributed by atoms with Crippen LogP contribution in [0.2, 0.25) is 0 Å². The SMILES string of the molecule is Cc1cc(O)c(Br)cc1CNO. The largest absolute Gasteiger partial charge is 0.507 e. The Morgan fingerprint density at radius 1 is 1.50 bits per heavy atom. The van der Waals surface area contributed by atoms with Gasteiger partial charge in [0.2, 0.25) is 0 Å². The van der Waals surface area contributed by atoms with Gasteiger partial charge in [-0.25, -0.2) is 5.48 Å². The molecular weight excluding hydrogens is 222 g/mol. The fourth-order valence-electron chi connectivity index (χ4n) is 0.983. The van der Waals surface area contributed by atoms with Gasteiger partial charge in [0.25, 0.3) is 0 Å². The smallest absolute Gasteiger partial charge is 0.130 e. The minimum Gasteiger partial charge on any atom is -0.507 e. The number of aryl methyl sites for hydroxylation is 1. The van der Waals surface area contributed by atoms with Crippen molar-refractivity contribution >= 4 is 15.9 Å². The van der Waals surface area contributed by atoms with E-state index in [4.69, 9.17) is 5.21 Å². The van der Waals surface area contributed by atoms with Gasteiger partial charge in [0.05, 0.1) is 4.47 Å². The zero-order valence-electron chi connectivity index (χ0n) is 6.63. The lowest BCUT2D eigenvalue weighted by Gasteiger charge is -2.06. The van der Waals surface area contributed by atoms with Crippen LogP contribution in [0.5, 0.6) is 5.75 Å². The molecule has 1 rings (SSSR count). The second kappa shape index (κ2) is 3.89. The molecule has 0 aliphatic carbocycles. The summed E-state index contributed by atoms with van der Waals surface area (Å²) in [4.78, 5) is 0. The third-order valence-electron chi connectivity index (χ3n) is 1.67. The standard InChI is InChI=1S/C8H10BrNO2/c1-5-2-8(11)7(9)3-6(5)4-10-12/h2-3,10-12H,4H2,1H3. The van der Waals surface area contributed by atoms with Crippen LogP contribution in [0.1, 0.15) is 11.1 Å². The van der Waals surface area contributed by atoms with E-state index in [0.29, 0.717) is 11.0 Å². The average Bonchev–Trinajstić information content (AvgIpc) is 2.01. The predicted octanol–water partition coefficient (Wildman–Crippen LogP) is 1.94. The first-order valence-electron chi connectivity index (χ1n) is 3.50. The van der Waals surface area contributed by atoms with Crippen LogP contribution in [0, 0.1) is 6.92 Å². The van der Waals surface area contributed by atoms with Gasteiger partial charge in [0.1, 0.15) is 5.75 Å². The molecule has 0 spiro atoms. The zero-order valence-corrected chi connectivity index (χ0v) is 8.22. The predicted molar refractivity (Wildman–Crippen MR) is 49.2 cm³/mol. The van der Waals surface area contributed by atoms with Gasteiger partial charge in [0, 0.05) is 6.54 Å². The summed E-state index contributed by atoms with van der Waals surface area (Å²) in [6.07, 6.45) is 0. The maximum atomic E-state index is 9.26. The molecule has 0 fully saturated rings. The quantitative estimate of drug-likeness (QED) is 0.683. The number of benzene rings is 1. The van der Waals surface area contributed by atoms with E-state index in [0.717, 1.165) is 11.1 Å². The third-order valence-corrected chi connectivity index (χ3v) is 2.31. The van der Waals surface area contributed by atoms with Crippen LogP contribution in [0.4, 0.5) is 0 Å². The number of hydrogen-bond acceptors (Lipinski definition) is 3. The molecule has 66 valence electrons. The zero-order chi connectivity index (χ0) is 9.14. The molecule has 0 unspecified atom stereocenters. The van der Waals surface area contributed by atoms with E-state index in [9.17, 15) is 5.11 Å². The first kappa shape index (κ1) is 9.51. The lowest BCUT2D eigenvalue weighted by atomic mass is 10.1. The van der Waals surface area contributed by atoms with E-state index in [1.165, 1.54) is 0 Å². The highest BCUT2D eigenvalue weighted by Gasteiger charge is 2.03. The van der Waals surface area contributed by atoms with Crippen molar-refractivity contribution < 1.29 is 10.3 Å². The van der Waals surface area contributed by atoms with Gasteiger partial charge < -0.3 is 10.3 Å². The number of halogens is 1. The summed E-state index contributed by atoms with van der Waals surface area (Å²) >= 11 is 3.19. The highest BCUT2D eigenvalue weighted by atomic mass is 79.9. The minimum atomic E-state index is 0.217. The van der Waals surface area contributed by atoms with Gasteiger partial charge >= 0.3 is 0 Å². The highest BCUT2D eigenvalue weighted by molar-refractivity contribution is 9.10. The average molecular weight is 232 g/mol. The molecule has 0 saturated heterocycles. The van der Waals surface area contributed by atoms with E-state index in [1.807, 2.05) is 6.92 Å². The maximum absolute atomic E-state index is 9.26. The van der Waals surface area contributed by atoms with Crippen molar-refractivity contribution in [1.29, 1.82) is 0 Å². The van der Waals surface area contributed by atoms with E-state index in [2.05, 4.69) is 21.4 Å². The number of phenolic OH excluding ortho intramolecular Hbond substituents is 1. The molecule has 0 heterocycles. The van der Waals surface area contributed by atoms with Crippen molar-refractivity contribution in [3.8, 4) is 5.75 Å². The van der Waals surface area contributed by atoms with Gasteiger partial charge in [0.15, 0.2) is 0 Å². The van der Waals surface area contributed by atoms with Gasteiger partial charge in [-0.2, -0.15) is 0 Å². The van der Waals surface area contributed by atoms with Crippen LogP contribution in [0.25, 0.3) is 0 Å². The molecule has 4 heteroatoms. The van der Waals surface area contributed by atoms with Gasteiger partial charge in [-0.3, -0.25) is 0 Å². The van der Waals surface area contributed by atoms with Crippen LogP contribution in [-0.2, 0) is 6.54 Å². The fraction of sp³-hybridized carbons (Fsp3) is 0.250. The van der Waals surface area contributed by atoms with E-state index >= 15 is 0 Å². The van der Waals surface area contributed by atoms with Crippen molar-refractivity contribution in [2.45, 2.75) is 13.5 Å². The number of nitrogens with one attached hydrogen (secondary N) is 1. The minimum absolute atomic E-state index is 0.217. The first-order chi connectivity index (χ1) is 5.65. The maximum Gasteiger partial charge on any atom is 0.130 e. The van der Waals surface area contributed by atoms with Gasteiger partial charge in [-0.05, 0) is 46.1 Å². The number of hydroxylamine groups is 1. The van der Waals surface area contributed by atoms with Crippen molar-refractivity contribution in [1.82, 2.24) is 5.48 Å². The second-order valence-corrected chi connectivity index (χ2v) is 3.42. The molecule has 3 nitrogen and oxygen atoms in total. The molecule has 0 amide bonds. The monoisotopic (exact) mass is 231 g/mol. The molecule has 3 N–H and O–H groups in total.